The first-order valence-electron chi connectivity index (χ1n) is 4.13. The normalized spacial score (nSPS) is 36.3. The fraction of sp³-hybridized carbons (Fsp3) is 1.00. The van der Waals surface area contributed by atoms with Gasteiger partial charge < -0.3 is 5.32 Å². The summed E-state index contributed by atoms with van der Waals surface area (Å²) >= 11 is 0. The Kier molecular flexibility index (Phi) is 1.59. The summed E-state index contributed by atoms with van der Waals surface area (Å²) in [7, 11) is 0. The molecule has 1 rings (SSSR count). The van der Waals surface area contributed by atoms with Gasteiger partial charge in [0.05, 0.1) is 0 Å². The van der Waals surface area contributed by atoms with Gasteiger partial charge in [0, 0.05) is 11.1 Å². The van der Waals surface area contributed by atoms with Gasteiger partial charge in [-0.25, -0.2) is 0 Å². The van der Waals surface area contributed by atoms with Gasteiger partial charge in [-0.15, -0.1) is 0 Å². The van der Waals surface area contributed by atoms with E-state index in [-0.39, 0.29) is 0 Å². The first-order chi connectivity index (χ1) is 4.33. The topological polar surface area (TPSA) is 12.0 Å². The van der Waals surface area contributed by atoms with E-state index in [1.807, 2.05) is 0 Å². The van der Waals surface area contributed by atoms with Crippen molar-refractivity contribution >= 4 is 0 Å². The number of nitrogens with one attached hydrogen (secondary N) is 1. The smallest absolute Gasteiger partial charge is 0.0156 e. The Hall–Kier alpha value is -0.0400. The Labute approximate surface area is 64.2 Å². The van der Waals surface area contributed by atoms with Crippen molar-refractivity contribution in [1.29, 1.82) is 0 Å². The molecular weight excluding hydrogens is 122 g/mol. The van der Waals surface area contributed by atoms with Crippen molar-refractivity contribution in [2.24, 2.45) is 5.92 Å². The van der Waals surface area contributed by atoms with E-state index >= 15 is 0 Å². The second kappa shape index (κ2) is 1.97. The van der Waals surface area contributed by atoms with E-state index in [4.69, 9.17) is 0 Å². The molecule has 1 aliphatic heterocycles. The molecule has 1 N–H and O–H groups in total. The molecule has 10 heavy (non-hydrogen) atoms. The lowest BCUT2D eigenvalue weighted by molar-refractivity contribution is 0.336. The van der Waals surface area contributed by atoms with E-state index in [2.05, 4.69) is 39.9 Å². The molecule has 0 aromatic carbocycles. The first-order valence-corrected chi connectivity index (χ1v) is 4.13. The molecule has 0 aromatic heterocycles. The van der Waals surface area contributed by atoms with Crippen molar-refractivity contribution < 1.29 is 0 Å². The van der Waals surface area contributed by atoms with E-state index in [0.29, 0.717) is 11.1 Å². The summed E-state index contributed by atoms with van der Waals surface area (Å²) in [5.74, 6) is 0.794. The summed E-state index contributed by atoms with van der Waals surface area (Å²) in [6, 6.07) is 0. The van der Waals surface area contributed by atoms with Gasteiger partial charge in [-0.3, -0.25) is 0 Å². The van der Waals surface area contributed by atoms with E-state index < -0.39 is 0 Å². The van der Waals surface area contributed by atoms with Crippen LogP contribution in [0.3, 0.4) is 0 Å². The maximum atomic E-state index is 3.62. The molecule has 1 nitrogen and oxygen atoms in total. The molecule has 0 aromatic rings. The van der Waals surface area contributed by atoms with Crippen LogP contribution in [-0.2, 0) is 0 Å². The van der Waals surface area contributed by atoms with Crippen LogP contribution in [0.4, 0.5) is 0 Å². The van der Waals surface area contributed by atoms with Gasteiger partial charge in [-0.1, -0.05) is 6.92 Å². The summed E-state index contributed by atoms with van der Waals surface area (Å²) in [4.78, 5) is 0. The zero-order valence-electron chi connectivity index (χ0n) is 7.78. The Morgan fingerprint density at radius 2 is 1.70 bits per heavy atom. The second-order valence-electron chi connectivity index (χ2n) is 4.84. The lowest BCUT2D eigenvalue weighted by atomic mass is 9.89. The highest BCUT2D eigenvalue weighted by atomic mass is 15.1. The van der Waals surface area contributed by atoms with Crippen LogP contribution in [0.5, 0.6) is 0 Å². The molecule has 0 spiro atoms. The third-order valence-electron chi connectivity index (χ3n) is 2.71. The fourth-order valence-electron chi connectivity index (χ4n) is 2.07. The van der Waals surface area contributed by atoms with E-state index in [0.717, 1.165) is 5.92 Å². The minimum atomic E-state index is 0.337. The molecule has 1 heteroatoms. The first kappa shape index (κ1) is 8.06. The quantitative estimate of drug-likeness (QED) is 0.545. The van der Waals surface area contributed by atoms with Crippen LogP contribution in [-0.4, -0.2) is 11.1 Å². The number of hydrogen-bond donors (Lipinski definition) is 1. The maximum absolute atomic E-state index is 3.62. The van der Waals surface area contributed by atoms with Crippen molar-refractivity contribution in [1.82, 2.24) is 5.32 Å². The van der Waals surface area contributed by atoms with Crippen LogP contribution in [0.1, 0.15) is 41.0 Å². The van der Waals surface area contributed by atoms with E-state index in [9.17, 15) is 0 Å². The van der Waals surface area contributed by atoms with Gasteiger partial charge in [-0.05, 0) is 40.0 Å². The average molecular weight is 141 g/mol. The van der Waals surface area contributed by atoms with E-state index in [1.54, 1.807) is 0 Å². The molecule has 0 amide bonds. The Bertz CT molecular complexity index is 136. The summed E-state index contributed by atoms with van der Waals surface area (Å²) in [6.07, 6.45) is 1.29. The summed E-state index contributed by atoms with van der Waals surface area (Å²) in [5, 5.41) is 3.62. The highest BCUT2D eigenvalue weighted by molar-refractivity contribution is 5.00. The Morgan fingerprint density at radius 1 is 1.20 bits per heavy atom. The maximum Gasteiger partial charge on any atom is 0.0156 e. The third kappa shape index (κ3) is 1.34. The largest absolute Gasteiger partial charge is 0.307 e. The van der Waals surface area contributed by atoms with Crippen molar-refractivity contribution in [3.05, 3.63) is 0 Å². The number of hydrogen-bond acceptors (Lipinski definition) is 1. The summed E-state index contributed by atoms with van der Waals surface area (Å²) in [6.45, 7) is 11.4. The van der Waals surface area contributed by atoms with Gasteiger partial charge in [-0.2, -0.15) is 0 Å². The number of rotatable bonds is 0. The molecule has 1 aliphatic rings. The molecule has 1 unspecified atom stereocenters. The summed E-state index contributed by atoms with van der Waals surface area (Å²) < 4.78 is 0. The Balaban J connectivity index is 2.71. The van der Waals surface area contributed by atoms with Crippen LogP contribution in [0, 0.1) is 5.92 Å². The fourth-order valence-corrected chi connectivity index (χ4v) is 2.07. The zero-order chi connectivity index (χ0) is 7.99. The Morgan fingerprint density at radius 3 is 1.80 bits per heavy atom. The van der Waals surface area contributed by atoms with Gasteiger partial charge in [0.25, 0.3) is 0 Å². The van der Waals surface area contributed by atoms with Crippen molar-refractivity contribution in [2.45, 2.75) is 52.1 Å². The van der Waals surface area contributed by atoms with Crippen molar-refractivity contribution in [3.63, 3.8) is 0 Å². The van der Waals surface area contributed by atoms with Crippen molar-refractivity contribution in [3.8, 4) is 0 Å². The predicted molar refractivity (Wildman–Crippen MR) is 45.1 cm³/mol. The predicted octanol–water partition coefficient (Wildman–Crippen LogP) is 2.17. The minimum absolute atomic E-state index is 0.337. The molecular formula is C9H19N. The molecule has 0 saturated carbocycles. The third-order valence-corrected chi connectivity index (χ3v) is 2.71. The molecule has 1 saturated heterocycles. The molecule has 0 aliphatic carbocycles. The average Bonchev–Trinajstić information content (AvgIpc) is 1.73. The summed E-state index contributed by atoms with van der Waals surface area (Å²) in [5.41, 5.74) is 0.687. The monoisotopic (exact) mass is 141 g/mol. The van der Waals surface area contributed by atoms with Crippen LogP contribution in [0.25, 0.3) is 0 Å². The van der Waals surface area contributed by atoms with Crippen LogP contribution >= 0.6 is 0 Å². The van der Waals surface area contributed by atoms with Crippen LogP contribution in [0.2, 0.25) is 0 Å². The van der Waals surface area contributed by atoms with Gasteiger partial charge in [0.15, 0.2) is 0 Å². The minimum Gasteiger partial charge on any atom is -0.307 e. The van der Waals surface area contributed by atoms with Gasteiger partial charge in [0.2, 0.25) is 0 Å². The SMILES string of the molecule is CC1CC(C)(C)NC1(C)C. The second-order valence-corrected chi connectivity index (χ2v) is 4.84. The van der Waals surface area contributed by atoms with E-state index in [1.165, 1.54) is 6.42 Å². The molecule has 1 heterocycles. The molecule has 0 radical (unpaired) electrons. The van der Waals surface area contributed by atoms with Crippen LogP contribution < -0.4 is 5.32 Å². The zero-order valence-corrected chi connectivity index (χ0v) is 7.78. The lowest BCUT2D eigenvalue weighted by Crippen LogP contribution is -2.44. The van der Waals surface area contributed by atoms with Gasteiger partial charge >= 0.3 is 0 Å². The molecule has 1 fully saturated rings. The highest BCUT2D eigenvalue weighted by Gasteiger charge is 2.40. The lowest BCUT2D eigenvalue weighted by Gasteiger charge is -2.26. The van der Waals surface area contributed by atoms with Gasteiger partial charge in [0.1, 0.15) is 0 Å². The van der Waals surface area contributed by atoms with Crippen molar-refractivity contribution in [2.75, 3.05) is 0 Å². The molecule has 60 valence electrons. The standard InChI is InChI=1S/C9H19N/c1-7-6-8(2,3)10-9(7,4)5/h7,10H,6H2,1-5H3. The highest BCUT2D eigenvalue weighted by Crippen LogP contribution is 2.34. The van der Waals surface area contributed by atoms with Crippen LogP contribution in [0.15, 0.2) is 0 Å². The molecule has 1 atom stereocenters. The molecule has 0 bridgehead atoms.